The van der Waals surface area contributed by atoms with Crippen molar-refractivity contribution >= 4 is 18.0 Å². The zero-order valence-corrected chi connectivity index (χ0v) is 8.66. The quantitative estimate of drug-likeness (QED) is 0.701. The van der Waals surface area contributed by atoms with Gasteiger partial charge in [-0.3, -0.25) is 0 Å². The fraction of sp³-hybridized carbons (Fsp3) is 0.300. The Morgan fingerprint density at radius 3 is 2.79 bits per heavy atom. The molecule has 1 saturated heterocycles. The summed E-state index contributed by atoms with van der Waals surface area (Å²) in [5.74, 6) is 0. The number of hydrogen-bond acceptors (Lipinski definition) is 3. The van der Waals surface area contributed by atoms with Crippen molar-refractivity contribution in [3.05, 3.63) is 35.9 Å². The van der Waals surface area contributed by atoms with Crippen molar-refractivity contribution in [1.82, 2.24) is 4.31 Å². The van der Waals surface area contributed by atoms with E-state index in [2.05, 4.69) is 0 Å². The molecule has 0 unspecified atom stereocenters. The number of amides is 1. The van der Waals surface area contributed by atoms with E-state index in [1.165, 1.54) is 11.9 Å². The Morgan fingerprint density at radius 1 is 1.43 bits per heavy atom. The highest BCUT2D eigenvalue weighted by atomic mass is 32.2. The topological polar surface area (TPSA) is 29.5 Å². The van der Waals surface area contributed by atoms with E-state index in [-0.39, 0.29) is 12.1 Å². The minimum atomic E-state index is -0.244. The summed E-state index contributed by atoms with van der Waals surface area (Å²) in [6.45, 7) is 0.448. The number of cyclic esters (lactones) is 1. The third kappa shape index (κ3) is 1.57. The molecule has 3 nitrogen and oxygen atoms in total. The van der Waals surface area contributed by atoms with Gasteiger partial charge in [0.15, 0.2) is 0 Å². The maximum absolute atomic E-state index is 11.3. The van der Waals surface area contributed by atoms with Gasteiger partial charge in [-0.05, 0) is 17.5 Å². The van der Waals surface area contributed by atoms with Gasteiger partial charge in [0.2, 0.25) is 0 Å². The molecular weight excluding hydrogens is 198 g/mol. The van der Waals surface area contributed by atoms with E-state index in [1.54, 1.807) is 4.31 Å². The summed E-state index contributed by atoms with van der Waals surface area (Å²) in [5.41, 5.74) is 1.12. The van der Waals surface area contributed by atoms with Crippen LogP contribution in [0.1, 0.15) is 11.6 Å². The number of ether oxygens (including phenoxy) is 1. The highest BCUT2D eigenvalue weighted by Crippen LogP contribution is 2.31. The minimum Gasteiger partial charge on any atom is -0.446 e. The van der Waals surface area contributed by atoms with Gasteiger partial charge in [0.1, 0.15) is 12.6 Å². The number of carbonyl (C=O) groups is 1. The highest BCUT2D eigenvalue weighted by Gasteiger charge is 2.33. The molecule has 0 radical (unpaired) electrons. The normalized spacial score (nSPS) is 21.1. The summed E-state index contributed by atoms with van der Waals surface area (Å²) in [7, 11) is 0. The standard InChI is InChI=1S/C10H11NO2S/c1-14-11-9(7-13-10(11)12)8-5-3-2-4-6-8/h2-6,9H,7H2,1H3/t9-/m1/s1. The van der Waals surface area contributed by atoms with E-state index in [0.29, 0.717) is 6.61 Å². The molecule has 0 spiro atoms. The summed E-state index contributed by atoms with van der Waals surface area (Å²) in [5, 5.41) is 0. The average molecular weight is 209 g/mol. The molecule has 4 heteroatoms. The smallest absolute Gasteiger partial charge is 0.420 e. The van der Waals surface area contributed by atoms with Gasteiger partial charge >= 0.3 is 6.09 Å². The molecule has 1 fully saturated rings. The predicted molar refractivity (Wildman–Crippen MR) is 55.9 cm³/mol. The Hall–Kier alpha value is -1.16. The maximum Gasteiger partial charge on any atom is 0.420 e. The molecule has 1 atom stereocenters. The van der Waals surface area contributed by atoms with E-state index in [9.17, 15) is 4.79 Å². The number of carbonyl (C=O) groups excluding carboxylic acids is 1. The lowest BCUT2D eigenvalue weighted by molar-refractivity contribution is 0.171. The first-order valence-corrected chi connectivity index (χ1v) is 5.56. The Balaban J connectivity index is 2.23. The second-order valence-electron chi connectivity index (χ2n) is 3.01. The van der Waals surface area contributed by atoms with Gasteiger partial charge in [-0.25, -0.2) is 9.10 Å². The van der Waals surface area contributed by atoms with E-state index >= 15 is 0 Å². The first-order chi connectivity index (χ1) is 6.83. The molecule has 0 N–H and O–H groups in total. The van der Waals surface area contributed by atoms with Crippen molar-refractivity contribution in [3.63, 3.8) is 0 Å². The summed E-state index contributed by atoms with van der Waals surface area (Å²) >= 11 is 1.40. The molecule has 2 rings (SSSR count). The van der Waals surface area contributed by atoms with Crippen LogP contribution in [0.5, 0.6) is 0 Å². The zero-order chi connectivity index (χ0) is 9.97. The fourth-order valence-corrected chi connectivity index (χ4v) is 2.16. The molecule has 0 aromatic heterocycles. The molecule has 0 bridgehead atoms. The molecule has 1 amide bonds. The van der Waals surface area contributed by atoms with Crippen molar-refractivity contribution in [3.8, 4) is 0 Å². The summed E-state index contributed by atoms with van der Waals surface area (Å²) in [4.78, 5) is 11.3. The van der Waals surface area contributed by atoms with Gasteiger partial charge in [0.05, 0.1) is 0 Å². The van der Waals surface area contributed by atoms with Crippen LogP contribution in [0.4, 0.5) is 4.79 Å². The van der Waals surface area contributed by atoms with Crippen molar-refractivity contribution in [2.45, 2.75) is 6.04 Å². The molecule has 0 aliphatic carbocycles. The van der Waals surface area contributed by atoms with Crippen LogP contribution < -0.4 is 0 Å². The molecule has 14 heavy (non-hydrogen) atoms. The highest BCUT2D eigenvalue weighted by molar-refractivity contribution is 7.96. The van der Waals surface area contributed by atoms with Crippen LogP contribution in [0.15, 0.2) is 30.3 Å². The SMILES string of the molecule is CSN1C(=O)OC[C@@H]1c1ccccc1. The average Bonchev–Trinajstić information content (AvgIpc) is 2.61. The van der Waals surface area contributed by atoms with Crippen LogP contribution in [0.2, 0.25) is 0 Å². The summed E-state index contributed by atoms with van der Waals surface area (Å²) < 4.78 is 6.65. The monoisotopic (exact) mass is 209 g/mol. The van der Waals surface area contributed by atoms with Crippen LogP contribution in [0.25, 0.3) is 0 Å². The molecular formula is C10H11NO2S. The third-order valence-electron chi connectivity index (χ3n) is 2.21. The van der Waals surface area contributed by atoms with E-state index in [1.807, 2.05) is 36.6 Å². The molecule has 1 aliphatic rings. The first kappa shape index (κ1) is 9.40. The summed E-state index contributed by atoms with van der Waals surface area (Å²) in [6, 6.07) is 9.97. The van der Waals surface area contributed by atoms with Crippen LogP contribution in [0, 0.1) is 0 Å². The molecule has 1 heterocycles. The van der Waals surface area contributed by atoms with E-state index < -0.39 is 0 Å². The van der Waals surface area contributed by atoms with Gasteiger partial charge in [-0.1, -0.05) is 30.3 Å². The largest absolute Gasteiger partial charge is 0.446 e. The van der Waals surface area contributed by atoms with Crippen LogP contribution in [-0.4, -0.2) is 23.3 Å². The van der Waals surface area contributed by atoms with Crippen LogP contribution in [0.3, 0.4) is 0 Å². The first-order valence-electron chi connectivity index (χ1n) is 4.38. The van der Waals surface area contributed by atoms with Crippen molar-refractivity contribution in [1.29, 1.82) is 0 Å². The molecule has 1 aromatic carbocycles. The Labute approximate surface area is 87.2 Å². The Kier molecular flexibility index (Phi) is 2.63. The summed E-state index contributed by atoms with van der Waals surface area (Å²) in [6.07, 6.45) is 1.63. The lowest BCUT2D eigenvalue weighted by atomic mass is 10.1. The van der Waals surface area contributed by atoms with Gasteiger partial charge in [-0.2, -0.15) is 0 Å². The second-order valence-corrected chi connectivity index (χ2v) is 3.77. The predicted octanol–water partition coefficient (Wildman–Crippen LogP) is 2.46. The third-order valence-corrected chi connectivity index (χ3v) is 3.01. The van der Waals surface area contributed by atoms with Crippen molar-refractivity contribution in [2.24, 2.45) is 0 Å². The van der Waals surface area contributed by atoms with Crippen molar-refractivity contribution < 1.29 is 9.53 Å². The van der Waals surface area contributed by atoms with Gasteiger partial charge in [0, 0.05) is 6.26 Å². The maximum atomic E-state index is 11.3. The van der Waals surface area contributed by atoms with E-state index in [0.717, 1.165) is 5.56 Å². The van der Waals surface area contributed by atoms with Gasteiger partial charge in [0.25, 0.3) is 0 Å². The van der Waals surface area contributed by atoms with Crippen LogP contribution >= 0.6 is 11.9 Å². The Bertz CT molecular complexity index is 328. The number of benzene rings is 1. The molecule has 0 saturated carbocycles. The fourth-order valence-electron chi connectivity index (χ4n) is 1.52. The molecule has 1 aromatic rings. The number of hydrogen-bond donors (Lipinski definition) is 0. The molecule has 1 aliphatic heterocycles. The number of nitrogens with zero attached hydrogens (tertiary/aromatic N) is 1. The lowest BCUT2D eigenvalue weighted by Crippen LogP contribution is -2.19. The van der Waals surface area contributed by atoms with Gasteiger partial charge < -0.3 is 4.74 Å². The van der Waals surface area contributed by atoms with Crippen molar-refractivity contribution in [2.75, 3.05) is 12.9 Å². The number of rotatable bonds is 2. The van der Waals surface area contributed by atoms with E-state index in [4.69, 9.17) is 4.74 Å². The molecule has 74 valence electrons. The minimum absolute atomic E-state index is 0.0544. The second kappa shape index (κ2) is 3.92. The Morgan fingerprint density at radius 2 is 2.14 bits per heavy atom. The van der Waals surface area contributed by atoms with Crippen LogP contribution in [-0.2, 0) is 4.74 Å². The lowest BCUT2D eigenvalue weighted by Gasteiger charge is -2.17. The zero-order valence-electron chi connectivity index (χ0n) is 7.84. The van der Waals surface area contributed by atoms with Gasteiger partial charge in [-0.15, -0.1) is 0 Å².